The second-order valence-corrected chi connectivity index (χ2v) is 7.49. The highest BCUT2D eigenvalue weighted by Crippen LogP contribution is 2.09. The van der Waals surface area contributed by atoms with Gasteiger partial charge < -0.3 is 9.64 Å². The molecule has 1 aromatic carbocycles. The molecule has 6 nitrogen and oxygen atoms in total. The van der Waals surface area contributed by atoms with Gasteiger partial charge in [-0.25, -0.2) is 13.1 Å². The molecule has 128 valence electrons. The summed E-state index contributed by atoms with van der Waals surface area (Å²) in [5, 5.41) is 0. The Morgan fingerprint density at radius 3 is 2.52 bits per heavy atom. The first kappa shape index (κ1) is 17.9. The smallest absolute Gasteiger partial charge is 0.241 e. The second-order valence-electron chi connectivity index (χ2n) is 5.62. The van der Waals surface area contributed by atoms with Gasteiger partial charge in [0, 0.05) is 13.1 Å². The van der Waals surface area contributed by atoms with Crippen molar-refractivity contribution in [3.05, 3.63) is 35.9 Å². The van der Waals surface area contributed by atoms with Gasteiger partial charge in [0.15, 0.2) is 0 Å². The number of hydrogen-bond donors (Lipinski definition) is 1. The van der Waals surface area contributed by atoms with Crippen LogP contribution in [0.2, 0.25) is 0 Å². The lowest BCUT2D eigenvalue weighted by atomic mass is 10.1. The van der Waals surface area contributed by atoms with Crippen molar-refractivity contribution in [3.8, 4) is 0 Å². The number of ether oxygens (including phenoxy) is 1. The lowest BCUT2D eigenvalue weighted by Crippen LogP contribution is -2.52. The fraction of sp³-hybridized carbons (Fsp3) is 0.562. The highest BCUT2D eigenvalue weighted by Gasteiger charge is 2.29. The Morgan fingerprint density at radius 2 is 1.91 bits per heavy atom. The van der Waals surface area contributed by atoms with E-state index in [9.17, 15) is 13.2 Å². The maximum Gasteiger partial charge on any atom is 0.241 e. The van der Waals surface area contributed by atoms with Gasteiger partial charge in [-0.15, -0.1) is 0 Å². The summed E-state index contributed by atoms with van der Waals surface area (Å²) in [7, 11) is -3.46. The van der Waals surface area contributed by atoms with Crippen LogP contribution in [0.3, 0.4) is 0 Å². The van der Waals surface area contributed by atoms with Crippen LogP contribution in [0.5, 0.6) is 0 Å². The van der Waals surface area contributed by atoms with Gasteiger partial charge in [-0.1, -0.05) is 37.3 Å². The van der Waals surface area contributed by atoms with E-state index in [1.165, 1.54) is 0 Å². The average molecular weight is 340 g/mol. The first-order valence-electron chi connectivity index (χ1n) is 7.92. The third kappa shape index (κ3) is 5.60. The van der Waals surface area contributed by atoms with Gasteiger partial charge in [-0.3, -0.25) is 4.79 Å². The van der Waals surface area contributed by atoms with Crippen molar-refractivity contribution < 1.29 is 17.9 Å². The van der Waals surface area contributed by atoms with E-state index in [2.05, 4.69) is 4.72 Å². The fourth-order valence-corrected chi connectivity index (χ4v) is 3.85. The lowest BCUT2D eigenvalue weighted by molar-refractivity contribution is -0.137. The molecule has 1 aliphatic rings. The molecule has 0 aromatic heterocycles. The van der Waals surface area contributed by atoms with Crippen LogP contribution in [0.4, 0.5) is 0 Å². The molecule has 0 aliphatic carbocycles. The first-order chi connectivity index (χ1) is 11.0. The van der Waals surface area contributed by atoms with Crippen LogP contribution >= 0.6 is 0 Å². The maximum absolute atomic E-state index is 12.7. The van der Waals surface area contributed by atoms with Crippen molar-refractivity contribution in [2.24, 2.45) is 0 Å². The van der Waals surface area contributed by atoms with Gasteiger partial charge in [0.05, 0.1) is 19.0 Å². The highest BCUT2D eigenvalue weighted by molar-refractivity contribution is 7.89. The molecule has 0 saturated carbocycles. The number of morpholine rings is 1. The second kappa shape index (κ2) is 8.42. The summed E-state index contributed by atoms with van der Waals surface area (Å²) in [6.45, 7) is 3.78. The van der Waals surface area contributed by atoms with E-state index in [0.29, 0.717) is 39.1 Å². The van der Waals surface area contributed by atoms with Crippen molar-refractivity contribution >= 4 is 15.9 Å². The Hall–Kier alpha value is -1.44. The summed E-state index contributed by atoms with van der Waals surface area (Å²) in [6.07, 6.45) is 0.860. The Bertz CT molecular complexity index is 598. The van der Waals surface area contributed by atoms with Crippen LogP contribution in [-0.4, -0.2) is 57.3 Å². The molecule has 7 heteroatoms. The fourth-order valence-electron chi connectivity index (χ4n) is 2.58. The van der Waals surface area contributed by atoms with Crippen molar-refractivity contribution in [3.63, 3.8) is 0 Å². The summed E-state index contributed by atoms with van der Waals surface area (Å²) in [5.41, 5.74) is 0.929. The largest absolute Gasteiger partial charge is 0.378 e. The van der Waals surface area contributed by atoms with Crippen LogP contribution in [0.15, 0.2) is 30.3 Å². The zero-order chi connectivity index (χ0) is 16.7. The highest BCUT2D eigenvalue weighted by atomic mass is 32.2. The predicted molar refractivity (Wildman–Crippen MR) is 88.5 cm³/mol. The van der Waals surface area contributed by atoms with Crippen LogP contribution < -0.4 is 4.72 Å². The zero-order valence-electron chi connectivity index (χ0n) is 13.4. The number of rotatable bonds is 7. The van der Waals surface area contributed by atoms with Gasteiger partial charge in [0.25, 0.3) is 0 Å². The standard InChI is InChI=1S/C16H24N2O4S/c1-2-12-23(20,21)17-15(13-14-6-4-3-5-7-14)16(19)18-8-10-22-11-9-18/h3-7,15,17H,2,8-13H2,1H3/t15-/m0/s1. The van der Waals surface area contributed by atoms with E-state index in [1.54, 1.807) is 11.8 Å². The summed E-state index contributed by atoms with van der Waals surface area (Å²) in [4.78, 5) is 14.4. The van der Waals surface area contributed by atoms with E-state index in [0.717, 1.165) is 5.56 Å². The molecule has 1 atom stereocenters. The van der Waals surface area contributed by atoms with Crippen molar-refractivity contribution in [2.45, 2.75) is 25.8 Å². The van der Waals surface area contributed by atoms with E-state index >= 15 is 0 Å². The molecule has 0 unspecified atom stereocenters. The van der Waals surface area contributed by atoms with Crippen molar-refractivity contribution in [2.75, 3.05) is 32.1 Å². The molecule has 1 fully saturated rings. The number of carbonyl (C=O) groups is 1. The van der Waals surface area contributed by atoms with Crippen LogP contribution in [0.1, 0.15) is 18.9 Å². The van der Waals surface area contributed by atoms with Crippen LogP contribution in [0.25, 0.3) is 0 Å². The van der Waals surface area contributed by atoms with Gasteiger partial charge in [0.2, 0.25) is 15.9 Å². The minimum atomic E-state index is -3.46. The lowest BCUT2D eigenvalue weighted by Gasteiger charge is -2.30. The normalized spacial score (nSPS) is 17.0. The SMILES string of the molecule is CCCS(=O)(=O)N[C@@H](Cc1ccccc1)C(=O)N1CCOCC1. The van der Waals surface area contributed by atoms with Crippen molar-refractivity contribution in [1.29, 1.82) is 0 Å². The zero-order valence-corrected chi connectivity index (χ0v) is 14.2. The molecule has 1 saturated heterocycles. The summed E-state index contributed by atoms with van der Waals surface area (Å²) in [6, 6.07) is 8.68. The van der Waals surface area contributed by atoms with E-state index < -0.39 is 16.1 Å². The van der Waals surface area contributed by atoms with Gasteiger partial charge >= 0.3 is 0 Å². The molecule has 0 spiro atoms. The molecular weight excluding hydrogens is 316 g/mol. The van der Waals surface area contributed by atoms with Gasteiger partial charge in [0.1, 0.15) is 6.04 Å². The Kier molecular flexibility index (Phi) is 6.56. The molecule has 0 bridgehead atoms. The summed E-state index contributed by atoms with van der Waals surface area (Å²) in [5.74, 6) is -0.161. The number of carbonyl (C=O) groups excluding carboxylic acids is 1. The Labute approximate surface area is 137 Å². The van der Waals surface area contributed by atoms with E-state index in [-0.39, 0.29) is 11.7 Å². The molecule has 0 radical (unpaired) electrons. The molecule has 1 aliphatic heterocycles. The van der Waals surface area contributed by atoms with Crippen molar-refractivity contribution in [1.82, 2.24) is 9.62 Å². The quantitative estimate of drug-likeness (QED) is 0.796. The third-order valence-corrected chi connectivity index (χ3v) is 5.29. The number of nitrogens with zero attached hydrogens (tertiary/aromatic N) is 1. The number of hydrogen-bond acceptors (Lipinski definition) is 4. The monoisotopic (exact) mass is 340 g/mol. The molecule has 1 heterocycles. The average Bonchev–Trinajstić information content (AvgIpc) is 2.55. The minimum absolute atomic E-state index is 0.0225. The minimum Gasteiger partial charge on any atom is -0.378 e. The van der Waals surface area contributed by atoms with E-state index in [4.69, 9.17) is 4.74 Å². The first-order valence-corrected chi connectivity index (χ1v) is 9.57. The summed E-state index contributed by atoms with van der Waals surface area (Å²) < 4.78 is 32.1. The predicted octanol–water partition coefficient (Wildman–Crippen LogP) is 0.786. The molecule has 1 N–H and O–H groups in total. The third-order valence-electron chi connectivity index (χ3n) is 3.70. The Morgan fingerprint density at radius 1 is 1.26 bits per heavy atom. The van der Waals surface area contributed by atoms with Gasteiger partial charge in [-0.2, -0.15) is 0 Å². The van der Waals surface area contributed by atoms with E-state index in [1.807, 2.05) is 30.3 Å². The molecule has 1 amide bonds. The number of benzene rings is 1. The molecule has 23 heavy (non-hydrogen) atoms. The number of sulfonamides is 1. The summed E-state index contributed by atoms with van der Waals surface area (Å²) >= 11 is 0. The van der Waals surface area contributed by atoms with Gasteiger partial charge in [-0.05, 0) is 18.4 Å². The van der Waals surface area contributed by atoms with Crippen LogP contribution in [0, 0.1) is 0 Å². The number of amides is 1. The maximum atomic E-state index is 12.7. The molecule has 1 aromatic rings. The number of nitrogens with one attached hydrogen (secondary N) is 1. The Balaban J connectivity index is 2.14. The van der Waals surface area contributed by atoms with Crippen LogP contribution in [-0.2, 0) is 26.0 Å². The molecular formula is C16H24N2O4S. The molecule has 2 rings (SSSR count). The topological polar surface area (TPSA) is 75.7 Å².